The minimum atomic E-state index is -0.764. The third-order valence-electron chi connectivity index (χ3n) is 2.19. The Morgan fingerprint density at radius 3 is 2.42 bits per heavy atom. The van der Waals surface area contributed by atoms with Gasteiger partial charge in [0, 0.05) is 19.4 Å². The van der Waals surface area contributed by atoms with E-state index in [0.29, 0.717) is 13.2 Å². The van der Waals surface area contributed by atoms with E-state index >= 15 is 0 Å². The number of anilines is 1. The molecule has 0 radical (unpaired) electrons. The van der Waals surface area contributed by atoms with Gasteiger partial charge in [-0.05, 0) is 20.8 Å². The van der Waals surface area contributed by atoms with Crippen molar-refractivity contribution in [2.24, 2.45) is 0 Å². The van der Waals surface area contributed by atoms with Gasteiger partial charge in [-0.15, -0.1) is 0 Å². The summed E-state index contributed by atoms with van der Waals surface area (Å²) in [7, 11) is 0. The molecule has 0 saturated carbocycles. The van der Waals surface area contributed by atoms with Gasteiger partial charge in [-0.1, -0.05) is 0 Å². The number of esters is 1. The van der Waals surface area contributed by atoms with Gasteiger partial charge in [0.05, 0.1) is 6.61 Å². The number of aromatic nitrogens is 2. The molecular formula is C12H19N3O4. The van der Waals surface area contributed by atoms with Gasteiger partial charge in [-0.3, -0.25) is 0 Å². The molecule has 0 spiro atoms. The molecular weight excluding hydrogens is 250 g/mol. The maximum Gasteiger partial charge on any atom is 0.341 e. The van der Waals surface area contributed by atoms with Crippen LogP contribution in [0.25, 0.3) is 0 Å². The maximum atomic E-state index is 11.8. The predicted octanol–water partition coefficient (Wildman–Crippen LogP) is 1.31. The van der Waals surface area contributed by atoms with Crippen LogP contribution in [0.4, 0.5) is 5.95 Å². The topological polar surface area (TPSA) is 96.6 Å². The summed E-state index contributed by atoms with van der Waals surface area (Å²) in [5.41, 5.74) is 6.03. The molecule has 0 atom stereocenters. The molecule has 1 rings (SSSR count). The second kappa shape index (κ2) is 7.65. The third kappa shape index (κ3) is 4.15. The summed E-state index contributed by atoms with van der Waals surface area (Å²) >= 11 is 0. The molecule has 106 valence electrons. The number of carbonyl (C=O) groups excluding carboxylic acids is 1. The summed E-state index contributed by atoms with van der Waals surface area (Å²) in [6, 6.07) is 0. The lowest BCUT2D eigenvalue weighted by Crippen LogP contribution is -2.18. The zero-order valence-electron chi connectivity index (χ0n) is 11.4. The molecule has 0 saturated heterocycles. The fraction of sp³-hybridized carbons (Fsp3) is 0.583. The van der Waals surface area contributed by atoms with Gasteiger partial charge >= 0.3 is 5.97 Å². The van der Waals surface area contributed by atoms with E-state index in [1.165, 1.54) is 6.20 Å². The third-order valence-corrected chi connectivity index (χ3v) is 2.19. The Bertz CT molecular complexity index is 419. The average Bonchev–Trinajstić information content (AvgIpc) is 2.38. The Hall–Kier alpha value is -1.73. The van der Waals surface area contributed by atoms with Crippen molar-refractivity contribution in [2.45, 2.75) is 27.1 Å². The molecule has 2 N–H and O–H groups in total. The highest BCUT2D eigenvalue weighted by atomic mass is 16.7. The van der Waals surface area contributed by atoms with Crippen LogP contribution < -0.4 is 5.73 Å². The molecule has 0 unspecified atom stereocenters. The molecule has 0 aliphatic heterocycles. The molecule has 7 heteroatoms. The van der Waals surface area contributed by atoms with Crippen LogP contribution in [0.1, 0.15) is 43.1 Å². The second-order valence-electron chi connectivity index (χ2n) is 3.49. The quantitative estimate of drug-likeness (QED) is 0.588. The lowest BCUT2D eigenvalue weighted by atomic mass is 10.2. The Morgan fingerprint density at radius 1 is 1.26 bits per heavy atom. The molecule has 0 aromatic carbocycles. The molecule has 0 bridgehead atoms. The molecule has 7 nitrogen and oxygen atoms in total. The van der Waals surface area contributed by atoms with Crippen LogP contribution in [-0.4, -0.2) is 35.8 Å². The van der Waals surface area contributed by atoms with E-state index in [0.717, 1.165) is 0 Å². The molecule has 0 aliphatic rings. The Balaban J connectivity index is 3.13. The van der Waals surface area contributed by atoms with Crippen molar-refractivity contribution in [3.63, 3.8) is 0 Å². The van der Waals surface area contributed by atoms with Crippen molar-refractivity contribution in [2.75, 3.05) is 25.6 Å². The summed E-state index contributed by atoms with van der Waals surface area (Å²) in [5.74, 6) is -0.477. The van der Waals surface area contributed by atoms with E-state index in [4.69, 9.17) is 19.9 Å². The lowest BCUT2D eigenvalue weighted by molar-refractivity contribution is -0.143. The first-order valence-electron chi connectivity index (χ1n) is 6.16. The van der Waals surface area contributed by atoms with Crippen LogP contribution in [0.15, 0.2) is 6.20 Å². The van der Waals surface area contributed by atoms with Crippen molar-refractivity contribution in [3.05, 3.63) is 17.5 Å². The largest absolute Gasteiger partial charge is 0.462 e. The van der Waals surface area contributed by atoms with Crippen LogP contribution in [-0.2, 0) is 14.2 Å². The van der Waals surface area contributed by atoms with Gasteiger partial charge in [-0.2, -0.15) is 0 Å². The summed E-state index contributed by atoms with van der Waals surface area (Å²) in [5, 5.41) is 0. The number of nitrogen functional groups attached to an aromatic ring is 1. The van der Waals surface area contributed by atoms with Gasteiger partial charge in [0.1, 0.15) is 11.3 Å². The minimum Gasteiger partial charge on any atom is -0.462 e. The summed E-state index contributed by atoms with van der Waals surface area (Å²) < 4.78 is 15.8. The average molecular weight is 269 g/mol. The smallest absolute Gasteiger partial charge is 0.341 e. The fourth-order valence-electron chi connectivity index (χ4n) is 1.46. The van der Waals surface area contributed by atoms with Crippen LogP contribution in [0.2, 0.25) is 0 Å². The molecule has 0 fully saturated rings. The van der Waals surface area contributed by atoms with Crippen molar-refractivity contribution < 1.29 is 19.0 Å². The van der Waals surface area contributed by atoms with E-state index in [1.54, 1.807) is 6.92 Å². The standard InChI is InChI=1S/C12H19N3O4/c1-4-17-10(16)8-7-14-12(13)15-9(8)11(18-5-2)19-6-3/h7,11H,4-6H2,1-3H3,(H2,13,14,15). The number of rotatable bonds is 7. The van der Waals surface area contributed by atoms with E-state index in [9.17, 15) is 4.79 Å². The number of nitrogens with zero attached hydrogens (tertiary/aromatic N) is 2. The van der Waals surface area contributed by atoms with Gasteiger partial charge in [-0.25, -0.2) is 14.8 Å². The first kappa shape index (κ1) is 15.3. The predicted molar refractivity (Wildman–Crippen MR) is 68.4 cm³/mol. The molecule has 19 heavy (non-hydrogen) atoms. The summed E-state index contributed by atoms with van der Waals surface area (Å²) in [6.07, 6.45) is 0.556. The van der Waals surface area contributed by atoms with Gasteiger partial charge < -0.3 is 19.9 Å². The van der Waals surface area contributed by atoms with Crippen LogP contribution in [0.3, 0.4) is 0 Å². The van der Waals surface area contributed by atoms with Crippen LogP contribution in [0.5, 0.6) is 0 Å². The number of carbonyl (C=O) groups is 1. The molecule has 0 aliphatic carbocycles. The molecule has 1 aromatic rings. The van der Waals surface area contributed by atoms with E-state index in [2.05, 4.69) is 9.97 Å². The van der Waals surface area contributed by atoms with Gasteiger partial charge in [0.2, 0.25) is 12.2 Å². The lowest BCUT2D eigenvalue weighted by Gasteiger charge is -2.18. The number of ether oxygens (including phenoxy) is 3. The van der Waals surface area contributed by atoms with Crippen molar-refractivity contribution in [1.82, 2.24) is 9.97 Å². The number of hydrogen-bond acceptors (Lipinski definition) is 7. The Labute approximate surface area is 112 Å². The van der Waals surface area contributed by atoms with Gasteiger partial charge in [0.15, 0.2) is 0 Å². The summed E-state index contributed by atoms with van der Waals surface area (Å²) in [4.78, 5) is 19.7. The van der Waals surface area contributed by atoms with Crippen LogP contribution >= 0.6 is 0 Å². The number of nitrogens with two attached hydrogens (primary N) is 1. The first-order valence-corrected chi connectivity index (χ1v) is 6.16. The van der Waals surface area contributed by atoms with Crippen LogP contribution in [0, 0.1) is 0 Å². The molecule has 0 amide bonds. The maximum absolute atomic E-state index is 11.8. The second-order valence-corrected chi connectivity index (χ2v) is 3.49. The fourth-order valence-corrected chi connectivity index (χ4v) is 1.46. The highest BCUT2D eigenvalue weighted by molar-refractivity contribution is 5.90. The zero-order chi connectivity index (χ0) is 14.3. The van der Waals surface area contributed by atoms with E-state index < -0.39 is 12.3 Å². The first-order chi connectivity index (χ1) is 9.13. The molecule has 1 aromatic heterocycles. The monoisotopic (exact) mass is 269 g/mol. The van der Waals surface area contributed by atoms with Crippen molar-refractivity contribution in [1.29, 1.82) is 0 Å². The SMILES string of the molecule is CCOC(=O)c1cnc(N)nc1C(OCC)OCC. The zero-order valence-corrected chi connectivity index (χ0v) is 11.4. The van der Waals surface area contributed by atoms with E-state index in [1.807, 2.05) is 13.8 Å². The van der Waals surface area contributed by atoms with Crippen molar-refractivity contribution >= 4 is 11.9 Å². The highest BCUT2D eigenvalue weighted by Crippen LogP contribution is 2.22. The van der Waals surface area contributed by atoms with E-state index in [-0.39, 0.29) is 23.8 Å². The van der Waals surface area contributed by atoms with Gasteiger partial charge in [0.25, 0.3) is 0 Å². The normalized spacial score (nSPS) is 10.7. The molecule has 1 heterocycles. The van der Waals surface area contributed by atoms with Crippen molar-refractivity contribution in [3.8, 4) is 0 Å². The minimum absolute atomic E-state index is 0.0486. The summed E-state index contributed by atoms with van der Waals surface area (Å²) in [6.45, 7) is 6.45. The Morgan fingerprint density at radius 2 is 1.89 bits per heavy atom. The number of hydrogen-bond donors (Lipinski definition) is 1. The Kier molecular flexibility index (Phi) is 6.17. The highest BCUT2D eigenvalue weighted by Gasteiger charge is 2.23.